The Bertz CT molecular complexity index is 142. The van der Waals surface area contributed by atoms with Gasteiger partial charge in [0.2, 0.25) is 4.11 Å². The first-order chi connectivity index (χ1) is 4.81. The molecule has 4 heteroatoms. The molecule has 0 rings (SSSR count). The summed E-state index contributed by atoms with van der Waals surface area (Å²) in [4.78, 5) is 10.5. The minimum absolute atomic E-state index is 0.0231. The van der Waals surface area contributed by atoms with Crippen molar-refractivity contribution in [1.29, 1.82) is 0 Å². The van der Waals surface area contributed by atoms with E-state index >= 15 is 0 Å². The van der Waals surface area contributed by atoms with Crippen LogP contribution in [0.15, 0.2) is 0 Å². The maximum atomic E-state index is 10.5. The van der Waals surface area contributed by atoms with Gasteiger partial charge in [0, 0.05) is 6.92 Å². The molecule has 0 bridgehead atoms. The van der Waals surface area contributed by atoms with Crippen molar-refractivity contribution < 1.29 is 14.0 Å². The van der Waals surface area contributed by atoms with Gasteiger partial charge in [-0.2, -0.15) is 0 Å². The van der Waals surface area contributed by atoms with Crippen molar-refractivity contribution in [1.82, 2.24) is 0 Å². The van der Waals surface area contributed by atoms with Gasteiger partial charge >= 0.3 is 5.97 Å². The van der Waals surface area contributed by atoms with Gasteiger partial charge in [-0.3, -0.25) is 4.79 Å². The topological polar surface area (TPSA) is 26.3 Å². The number of nitrogens with zero attached hydrogens (tertiary/aromatic N) is 1. The Kier molecular flexibility index (Phi) is 4.31. The lowest BCUT2D eigenvalue weighted by Crippen LogP contribution is -2.40. The van der Waals surface area contributed by atoms with E-state index in [1.165, 1.54) is 6.92 Å². The standard InChI is InChI=1S/C7H15INO2/c1-6(10)11-7(8)5-9(2,3)4/h7H,5H2,1-4H3/q+1. The first-order valence-electron chi connectivity index (χ1n) is 3.43. The van der Waals surface area contributed by atoms with Crippen LogP contribution < -0.4 is 0 Å². The molecule has 0 aromatic carbocycles. The molecule has 0 saturated heterocycles. The molecular formula is C7H15INO2+. The summed E-state index contributed by atoms with van der Waals surface area (Å²) < 4.78 is 5.74. The van der Waals surface area contributed by atoms with Crippen LogP contribution in [0.1, 0.15) is 6.92 Å². The Hall–Kier alpha value is 0.160. The third-order valence-corrected chi connectivity index (χ3v) is 1.63. The van der Waals surface area contributed by atoms with E-state index in [1.807, 2.05) is 0 Å². The predicted molar refractivity (Wildman–Crippen MR) is 52.5 cm³/mol. The quantitative estimate of drug-likeness (QED) is 0.332. The zero-order valence-corrected chi connectivity index (χ0v) is 9.58. The molecule has 1 atom stereocenters. The molecule has 0 aliphatic heterocycles. The molecule has 11 heavy (non-hydrogen) atoms. The molecule has 0 amide bonds. The Balaban J connectivity index is 3.69. The minimum Gasteiger partial charge on any atom is -0.446 e. The molecule has 0 aromatic rings. The summed E-state index contributed by atoms with van der Waals surface area (Å²) in [5, 5.41) is 0. The van der Waals surface area contributed by atoms with Gasteiger partial charge in [0.25, 0.3) is 0 Å². The fourth-order valence-electron chi connectivity index (χ4n) is 0.648. The van der Waals surface area contributed by atoms with Crippen LogP contribution >= 0.6 is 22.6 Å². The summed E-state index contributed by atoms with van der Waals surface area (Å²) in [6.07, 6.45) is 0. The summed E-state index contributed by atoms with van der Waals surface area (Å²) >= 11 is 2.12. The lowest BCUT2D eigenvalue weighted by atomic mass is 10.5. The molecule has 66 valence electrons. The van der Waals surface area contributed by atoms with Gasteiger partial charge in [-0.1, -0.05) is 0 Å². The molecule has 0 aliphatic rings. The molecule has 0 heterocycles. The van der Waals surface area contributed by atoms with Crippen LogP contribution in [0.5, 0.6) is 0 Å². The van der Waals surface area contributed by atoms with Crippen LogP contribution in [-0.2, 0) is 9.53 Å². The first kappa shape index (κ1) is 11.2. The van der Waals surface area contributed by atoms with Crippen molar-refractivity contribution in [2.45, 2.75) is 11.0 Å². The van der Waals surface area contributed by atoms with Crippen LogP contribution in [0.4, 0.5) is 0 Å². The second-order valence-corrected chi connectivity index (χ2v) is 4.88. The average Bonchev–Trinajstić information content (AvgIpc) is 1.53. The van der Waals surface area contributed by atoms with Crippen LogP contribution in [0, 0.1) is 0 Å². The average molecular weight is 272 g/mol. The van der Waals surface area contributed by atoms with E-state index in [0.29, 0.717) is 0 Å². The monoisotopic (exact) mass is 272 g/mol. The van der Waals surface area contributed by atoms with E-state index in [-0.39, 0.29) is 10.1 Å². The van der Waals surface area contributed by atoms with Crippen molar-refractivity contribution in [2.75, 3.05) is 27.7 Å². The number of halogens is 1. The fraction of sp³-hybridized carbons (Fsp3) is 0.857. The van der Waals surface area contributed by atoms with Crippen molar-refractivity contribution >= 4 is 28.6 Å². The molecule has 0 spiro atoms. The Morgan fingerprint density at radius 1 is 1.55 bits per heavy atom. The molecule has 0 aromatic heterocycles. The second-order valence-electron chi connectivity index (χ2n) is 3.49. The van der Waals surface area contributed by atoms with Gasteiger partial charge in [-0.15, -0.1) is 0 Å². The lowest BCUT2D eigenvalue weighted by Gasteiger charge is -2.26. The second kappa shape index (κ2) is 4.25. The molecule has 0 fully saturated rings. The number of likely N-dealkylation sites (N-methyl/N-ethyl adjacent to an activating group) is 1. The maximum absolute atomic E-state index is 10.5. The highest BCUT2D eigenvalue weighted by Crippen LogP contribution is 2.07. The van der Waals surface area contributed by atoms with Crippen molar-refractivity contribution in [3.05, 3.63) is 0 Å². The van der Waals surface area contributed by atoms with Crippen LogP contribution in [0.2, 0.25) is 0 Å². The van der Waals surface area contributed by atoms with E-state index in [2.05, 4.69) is 43.7 Å². The number of carbonyl (C=O) groups excluding carboxylic acids is 1. The molecule has 3 nitrogen and oxygen atoms in total. The summed E-state index contributed by atoms with van der Waals surface area (Å²) in [6.45, 7) is 2.27. The number of carbonyl (C=O) groups is 1. The van der Waals surface area contributed by atoms with Gasteiger partial charge in [0.15, 0.2) is 0 Å². The Labute approximate surface area is 81.4 Å². The smallest absolute Gasteiger partial charge is 0.303 e. The number of quaternary nitrogens is 1. The minimum atomic E-state index is -0.210. The molecule has 1 unspecified atom stereocenters. The summed E-state index contributed by atoms with van der Waals surface area (Å²) in [6, 6.07) is 0. The summed E-state index contributed by atoms with van der Waals surface area (Å²) in [7, 11) is 6.19. The Morgan fingerprint density at radius 3 is 2.27 bits per heavy atom. The molecule has 0 aliphatic carbocycles. The third kappa shape index (κ3) is 8.06. The predicted octanol–water partition coefficient (Wildman–Crippen LogP) is 1.02. The zero-order valence-electron chi connectivity index (χ0n) is 7.43. The number of hydrogen-bond acceptors (Lipinski definition) is 2. The van der Waals surface area contributed by atoms with Crippen LogP contribution in [0.25, 0.3) is 0 Å². The number of alkyl halides is 1. The fourth-order valence-corrected chi connectivity index (χ4v) is 2.19. The van der Waals surface area contributed by atoms with Crippen molar-refractivity contribution in [3.8, 4) is 0 Å². The normalized spacial score (nSPS) is 14.3. The highest BCUT2D eigenvalue weighted by atomic mass is 127. The number of rotatable bonds is 3. The van der Waals surface area contributed by atoms with E-state index in [1.54, 1.807) is 0 Å². The molecule has 0 saturated carbocycles. The van der Waals surface area contributed by atoms with Crippen molar-refractivity contribution in [3.63, 3.8) is 0 Å². The van der Waals surface area contributed by atoms with Gasteiger partial charge in [0.1, 0.15) is 6.54 Å². The van der Waals surface area contributed by atoms with Crippen LogP contribution in [0.3, 0.4) is 0 Å². The lowest BCUT2D eigenvalue weighted by molar-refractivity contribution is -0.871. The largest absolute Gasteiger partial charge is 0.446 e. The Morgan fingerprint density at radius 2 is 2.00 bits per heavy atom. The van der Waals surface area contributed by atoms with E-state index in [4.69, 9.17) is 4.74 Å². The number of hydrogen-bond donors (Lipinski definition) is 0. The van der Waals surface area contributed by atoms with Gasteiger partial charge < -0.3 is 9.22 Å². The van der Waals surface area contributed by atoms with Gasteiger partial charge in [-0.25, -0.2) is 0 Å². The summed E-state index contributed by atoms with van der Waals surface area (Å²) in [5.41, 5.74) is 0. The molecule has 0 N–H and O–H groups in total. The first-order valence-corrected chi connectivity index (χ1v) is 4.67. The highest BCUT2D eigenvalue weighted by molar-refractivity contribution is 14.1. The maximum Gasteiger partial charge on any atom is 0.303 e. The van der Waals surface area contributed by atoms with Gasteiger partial charge in [-0.05, 0) is 22.6 Å². The molecular weight excluding hydrogens is 257 g/mol. The van der Waals surface area contributed by atoms with Crippen LogP contribution in [-0.4, -0.2) is 42.3 Å². The van der Waals surface area contributed by atoms with Gasteiger partial charge in [0.05, 0.1) is 21.1 Å². The number of ether oxygens (including phenoxy) is 1. The zero-order chi connectivity index (χ0) is 9.07. The highest BCUT2D eigenvalue weighted by Gasteiger charge is 2.16. The van der Waals surface area contributed by atoms with E-state index in [9.17, 15) is 4.79 Å². The molecule has 0 radical (unpaired) electrons. The van der Waals surface area contributed by atoms with Crippen molar-refractivity contribution in [2.24, 2.45) is 0 Å². The third-order valence-electron chi connectivity index (χ3n) is 0.985. The number of esters is 1. The SMILES string of the molecule is CC(=O)OC(I)C[N+](C)(C)C. The van der Waals surface area contributed by atoms with E-state index in [0.717, 1.165) is 11.0 Å². The van der Waals surface area contributed by atoms with E-state index < -0.39 is 0 Å². The summed E-state index contributed by atoms with van der Waals surface area (Å²) in [5.74, 6) is -0.210.